The number of unbranched alkanes of at least 4 members (excludes halogenated alkanes) is 5. The van der Waals surface area contributed by atoms with Gasteiger partial charge in [-0.3, -0.25) is 0 Å². The van der Waals surface area contributed by atoms with Crippen LogP contribution in [0.15, 0.2) is 21.6 Å². The highest BCUT2D eigenvalue weighted by Crippen LogP contribution is 2.14. The lowest BCUT2D eigenvalue weighted by atomic mass is 10.1. The zero-order chi connectivity index (χ0) is 15.6. The van der Waals surface area contributed by atoms with Crippen LogP contribution in [-0.4, -0.2) is 21.5 Å². The standard InChI is InChI=1S/C15H28N2O3S/c1-3-5-6-7-8-9-12-17-21(18,19)15-11-10-14(20-15)13-16-4-2/h10-11,16-17H,3-9,12-13H2,1-2H3. The summed E-state index contributed by atoms with van der Waals surface area (Å²) in [5, 5.41) is 3.10. The molecule has 1 aromatic heterocycles. The fourth-order valence-corrected chi connectivity index (χ4v) is 3.05. The molecule has 0 amide bonds. The summed E-state index contributed by atoms with van der Waals surface area (Å²) >= 11 is 0. The van der Waals surface area contributed by atoms with Gasteiger partial charge in [-0.05, 0) is 25.1 Å². The average Bonchev–Trinajstić information content (AvgIpc) is 2.94. The predicted molar refractivity (Wildman–Crippen MR) is 84.7 cm³/mol. The molecule has 0 radical (unpaired) electrons. The van der Waals surface area contributed by atoms with Crippen LogP contribution < -0.4 is 10.0 Å². The Hall–Kier alpha value is -0.850. The summed E-state index contributed by atoms with van der Waals surface area (Å²) in [5.74, 6) is 0.636. The lowest BCUT2D eigenvalue weighted by Gasteiger charge is -2.04. The first-order valence-electron chi connectivity index (χ1n) is 7.89. The summed E-state index contributed by atoms with van der Waals surface area (Å²) in [4.78, 5) is 0. The van der Waals surface area contributed by atoms with Gasteiger partial charge < -0.3 is 9.73 Å². The molecule has 0 saturated carbocycles. The second kappa shape index (κ2) is 9.97. The maximum atomic E-state index is 12.0. The minimum Gasteiger partial charge on any atom is -0.447 e. The van der Waals surface area contributed by atoms with E-state index in [-0.39, 0.29) is 5.09 Å². The number of hydrogen-bond donors (Lipinski definition) is 2. The summed E-state index contributed by atoms with van der Waals surface area (Å²) in [6.45, 7) is 6.00. The number of nitrogens with one attached hydrogen (secondary N) is 2. The number of hydrogen-bond acceptors (Lipinski definition) is 4. The number of rotatable bonds is 12. The van der Waals surface area contributed by atoms with Crippen LogP contribution >= 0.6 is 0 Å². The van der Waals surface area contributed by atoms with E-state index >= 15 is 0 Å². The molecule has 0 aliphatic heterocycles. The maximum Gasteiger partial charge on any atom is 0.273 e. The first kappa shape index (κ1) is 18.2. The van der Waals surface area contributed by atoms with Crippen LogP contribution in [0.25, 0.3) is 0 Å². The van der Waals surface area contributed by atoms with Gasteiger partial charge in [-0.1, -0.05) is 46.0 Å². The van der Waals surface area contributed by atoms with E-state index in [1.165, 1.54) is 31.7 Å². The quantitative estimate of drug-likeness (QED) is 0.581. The van der Waals surface area contributed by atoms with Gasteiger partial charge in [-0.15, -0.1) is 0 Å². The molecule has 0 aromatic carbocycles. The van der Waals surface area contributed by atoms with Crippen molar-refractivity contribution in [1.82, 2.24) is 10.0 Å². The molecule has 6 heteroatoms. The molecule has 0 saturated heterocycles. The van der Waals surface area contributed by atoms with Crippen molar-refractivity contribution in [1.29, 1.82) is 0 Å². The van der Waals surface area contributed by atoms with Gasteiger partial charge in [0.05, 0.1) is 6.54 Å². The zero-order valence-corrected chi connectivity index (χ0v) is 14.0. The van der Waals surface area contributed by atoms with Crippen molar-refractivity contribution in [2.75, 3.05) is 13.1 Å². The van der Waals surface area contributed by atoms with Crippen molar-refractivity contribution in [3.05, 3.63) is 17.9 Å². The van der Waals surface area contributed by atoms with Crippen LogP contribution in [0.2, 0.25) is 0 Å². The summed E-state index contributed by atoms with van der Waals surface area (Å²) in [5.41, 5.74) is 0. The molecule has 0 atom stereocenters. The zero-order valence-electron chi connectivity index (χ0n) is 13.2. The van der Waals surface area contributed by atoms with Gasteiger partial charge in [0.2, 0.25) is 5.09 Å². The summed E-state index contributed by atoms with van der Waals surface area (Å²) in [6, 6.07) is 3.21. The molecular weight excluding hydrogens is 288 g/mol. The van der Waals surface area contributed by atoms with Crippen LogP contribution in [-0.2, 0) is 16.6 Å². The Labute approximate surface area is 128 Å². The second-order valence-corrected chi connectivity index (χ2v) is 6.86. The molecular formula is C15H28N2O3S. The highest BCUT2D eigenvalue weighted by Gasteiger charge is 2.17. The van der Waals surface area contributed by atoms with Crippen molar-refractivity contribution in [3.63, 3.8) is 0 Å². The van der Waals surface area contributed by atoms with E-state index in [0.29, 0.717) is 18.8 Å². The summed E-state index contributed by atoms with van der Waals surface area (Å²) in [6.07, 6.45) is 6.81. The fraction of sp³-hybridized carbons (Fsp3) is 0.733. The molecule has 5 nitrogen and oxygen atoms in total. The van der Waals surface area contributed by atoms with E-state index in [2.05, 4.69) is 17.0 Å². The molecule has 122 valence electrons. The average molecular weight is 316 g/mol. The van der Waals surface area contributed by atoms with Crippen molar-refractivity contribution >= 4 is 10.0 Å². The molecule has 0 unspecified atom stereocenters. The van der Waals surface area contributed by atoms with Crippen LogP contribution in [0.5, 0.6) is 0 Å². The second-order valence-electron chi connectivity index (χ2n) is 5.17. The lowest BCUT2D eigenvalue weighted by Crippen LogP contribution is -2.24. The number of furan rings is 1. The Morgan fingerprint density at radius 2 is 1.76 bits per heavy atom. The van der Waals surface area contributed by atoms with Crippen molar-refractivity contribution in [3.8, 4) is 0 Å². The van der Waals surface area contributed by atoms with Crippen LogP contribution in [0, 0.1) is 0 Å². The molecule has 0 aliphatic rings. The summed E-state index contributed by atoms with van der Waals surface area (Å²) in [7, 11) is -3.51. The van der Waals surface area contributed by atoms with Crippen LogP contribution in [0.4, 0.5) is 0 Å². The van der Waals surface area contributed by atoms with Gasteiger partial charge in [0.15, 0.2) is 0 Å². The minimum atomic E-state index is -3.51. The smallest absolute Gasteiger partial charge is 0.273 e. The van der Waals surface area contributed by atoms with E-state index in [1.54, 1.807) is 6.07 Å². The molecule has 1 heterocycles. The van der Waals surface area contributed by atoms with E-state index < -0.39 is 10.0 Å². The monoisotopic (exact) mass is 316 g/mol. The van der Waals surface area contributed by atoms with Gasteiger partial charge in [0.25, 0.3) is 10.0 Å². The largest absolute Gasteiger partial charge is 0.447 e. The van der Waals surface area contributed by atoms with Gasteiger partial charge in [-0.2, -0.15) is 0 Å². The van der Waals surface area contributed by atoms with Gasteiger partial charge in [0.1, 0.15) is 5.76 Å². The number of sulfonamides is 1. The molecule has 2 N–H and O–H groups in total. The van der Waals surface area contributed by atoms with E-state index in [1.807, 2.05) is 6.92 Å². The van der Waals surface area contributed by atoms with E-state index in [4.69, 9.17) is 4.42 Å². The van der Waals surface area contributed by atoms with E-state index in [9.17, 15) is 8.42 Å². The third-order valence-electron chi connectivity index (χ3n) is 3.27. The molecule has 0 spiro atoms. The van der Waals surface area contributed by atoms with Gasteiger partial charge in [0, 0.05) is 6.54 Å². The van der Waals surface area contributed by atoms with Gasteiger partial charge >= 0.3 is 0 Å². The van der Waals surface area contributed by atoms with Gasteiger partial charge in [-0.25, -0.2) is 13.1 Å². The predicted octanol–water partition coefficient (Wildman–Crippen LogP) is 3.03. The Balaban J connectivity index is 2.31. The topological polar surface area (TPSA) is 71.3 Å². The molecule has 1 rings (SSSR count). The van der Waals surface area contributed by atoms with E-state index in [0.717, 1.165) is 19.4 Å². The Morgan fingerprint density at radius 1 is 1.05 bits per heavy atom. The third-order valence-corrected chi connectivity index (χ3v) is 4.61. The minimum absolute atomic E-state index is 0.00128. The lowest BCUT2D eigenvalue weighted by molar-refractivity contribution is 0.401. The molecule has 0 fully saturated rings. The van der Waals surface area contributed by atoms with Crippen LogP contribution in [0.1, 0.15) is 58.1 Å². The Morgan fingerprint density at radius 3 is 2.48 bits per heavy atom. The molecule has 0 bridgehead atoms. The molecule has 0 aliphatic carbocycles. The Bertz CT molecular complexity index is 483. The highest BCUT2D eigenvalue weighted by molar-refractivity contribution is 7.89. The Kier molecular flexibility index (Phi) is 8.64. The SMILES string of the molecule is CCCCCCCCNS(=O)(=O)c1ccc(CNCC)o1. The maximum absolute atomic E-state index is 12.0. The van der Waals surface area contributed by atoms with Crippen molar-refractivity contribution < 1.29 is 12.8 Å². The first-order valence-corrected chi connectivity index (χ1v) is 9.37. The normalized spacial score (nSPS) is 11.9. The molecule has 1 aromatic rings. The van der Waals surface area contributed by atoms with Crippen molar-refractivity contribution in [2.45, 2.75) is 64.0 Å². The third kappa shape index (κ3) is 7.11. The molecule has 21 heavy (non-hydrogen) atoms. The first-order chi connectivity index (χ1) is 10.1. The highest BCUT2D eigenvalue weighted by atomic mass is 32.2. The van der Waals surface area contributed by atoms with Crippen molar-refractivity contribution in [2.24, 2.45) is 0 Å². The fourth-order valence-electron chi connectivity index (χ4n) is 2.03. The van der Waals surface area contributed by atoms with Crippen LogP contribution in [0.3, 0.4) is 0 Å². The summed E-state index contributed by atoms with van der Waals surface area (Å²) < 4.78 is 32.0.